The van der Waals surface area contributed by atoms with E-state index in [9.17, 15) is 9.90 Å². The molecule has 1 atom stereocenters. The van der Waals surface area contributed by atoms with Crippen molar-refractivity contribution in [1.82, 2.24) is 4.90 Å². The van der Waals surface area contributed by atoms with Gasteiger partial charge in [0.25, 0.3) is 0 Å². The van der Waals surface area contributed by atoms with E-state index < -0.39 is 12.0 Å². The largest absolute Gasteiger partial charge is 0.480 e. The number of nitrogens with zero attached hydrogens (tertiary/aromatic N) is 1. The quantitative estimate of drug-likeness (QED) is 0.687. The molecule has 0 amide bonds. The maximum absolute atomic E-state index is 11.2. The van der Waals surface area contributed by atoms with Crippen molar-refractivity contribution in [2.45, 2.75) is 45.2 Å². The summed E-state index contributed by atoms with van der Waals surface area (Å²) in [6.45, 7) is 5.47. The van der Waals surface area contributed by atoms with Crippen molar-refractivity contribution in [1.29, 1.82) is 0 Å². The van der Waals surface area contributed by atoms with Gasteiger partial charge in [0, 0.05) is 13.2 Å². The van der Waals surface area contributed by atoms with Crippen molar-refractivity contribution in [2.24, 2.45) is 5.92 Å². The first-order chi connectivity index (χ1) is 7.56. The van der Waals surface area contributed by atoms with Gasteiger partial charge in [0.15, 0.2) is 0 Å². The van der Waals surface area contributed by atoms with Crippen LogP contribution in [-0.4, -0.2) is 48.3 Å². The average Bonchev–Trinajstić information content (AvgIpc) is 2.99. The van der Waals surface area contributed by atoms with Crippen LogP contribution in [0.25, 0.3) is 0 Å². The molecule has 4 nitrogen and oxygen atoms in total. The Labute approximate surface area is 97.6 Å². The zero-order valence-corrected chi connectivity index (χ0v) is 10.5. The Balaban J connectivity index is 2.54. The van der Waals surface area contributed by atoms with E-state index in [0.717, 1.165) is 25.8 Å². The Morgan fingerprint density at radius 3 is 2.50 bits per heavy atom. The Kier molecular flexibility index (Phi) is 5.22. The first kappa shape index (κ1) is 13.5. The summed E-state index contributed by atoms with van der Waals surface area (Å²) in [6.07, 6.45) is 3.31. The van der Waals surface area contributed by atoms with Crippen LogP contribution in [-0.2, 0) is 9.53 Å². The third-order valence-corrected chi connectivity index (χ3v) is 2.99. The van der Waals surface area contributed by atoms with Crippen molar-refractivity contribution < 1.29 is 14.6 Å². The van der Waals surface area contributed by atoms with Gasteiger partial charge in [0.1, 0.15) is 6.04 Å². The molecular formula is C12H23NO3. The molecule has 1 saturated carbocycles. The highest BCUT2D eigenvalue weighted by atomic mass is 16.5. The van der Waals surface area contributed by atoms with Crippen molar-refractivity contribution in [2.75, 3.05) is 20.3 Å². The molecule has 1 rings (SSSR count). The fraction of sp³-hybridized carbons (Fsp3) is 0.917. The molecule has 0 bridgehead atoms. The first-order valence-corrected chi connectivity index (χ1v) is 6.03. The predicted octanol–water partition coefficient (Wildman–Crippen LogP) is 1.60. The molecule has 1 aliphatic carbocycles. The van der Waals surface area contributed by atoms with Gasteiger partial charge in [-0.05, 0) is 31.7 Å². The second-order valence-corrected chi connectivity index (χ2v) is 4.96. The van der Waals surface area contributed by atoms with Crippen LogP contribution in [0.3, 0.4) is 0 Å². The van der Waals surface area contributed by atoms with Gasteiger partial charge < -0.3 is 9.84 Å². The molecule has 0 aromatic carbocycles. The summed E-state index contributed by atoms with van der Waals surface area (Å²) >= 11 is 0. The van der Waals surface area contributed by atoms with Crippen molar-refractivity contribution in [3.05, 3.63) is 0 Å². The summed E-state index contributed by atoms with van der Waals surface area (Å²) < 4.78 is 5.01. The molecule has 1 unspecified atom stereocenters. The van der Waals surface area contributed by atoms with Gasteiger partial charge in [0.05, 0.1) is 6.61 Å². The molecule has 1 aliphatic rings. The minimum absolute atomic E-state index is 0.282. The zero-order chi connectivity index (χ0) is 12.1. The molecule has 0 saturated heterocycles. The summed E-state index contributed by atoms with van der Waals surface area (Å²) in [5, 5.41) is 9.20. The van der Waals surface area contributed by atoms with Crippen molar-refractivity contribution in [3.8, 4) is 0 Å². The number of hydrogen-bond acceptors (Lipinski definition) is 3. The Bertz CT molecular complexity index is 226. The molecule has 94 valence electrons. The molecule has 4 heteroatoms. The van der Waals surface area contributed by atoms with Gasteiger partial charge in [-0.2, -0.15) is 0 Å². The van der Waals surface area contributed by atoms with Crippen LogP contribution in [0.5, 0.6) is 0 Å². The lowest BCUT2D eigenvalue weighted by molar-refractivity contribution is -0.145. The van der Waals surface area contributed by atoms with Gasteiger partial charge in [0.2, 0.25) is 0 Å². The van der Waals surface area contributed by atoms with Crippen LogP contribution in [0.2, 0.25) is 0 Å². The third kappa shape index (κ3) is 4.10. The molecule has 16 heavy (non-hydrogen) atoms. The second kappa shape index (κ2) is 6.21. The molecule has 0 aliphatic heterocycles. The van der Waals surface area contributed by atoms with Gasteiger partial charge in [-0.25, -0.2) is 0 Å². The fourth-order valence-electron chi connectivity index (χ4n) is 1.87. The normalized spacial score (nSPS) is 18.1. The van der Waals surface area contributed by atoms with Crippen molar-refractivity contribution in [3.63, 3.8) is 0 Å². The van der Waals surface area contributed by atoms with Crippen LogP contribution in [0.1, 0.15) is 33.1 Å². The lowest BCUT2D eigenvalue weighted by atomic mass is 10.1. The molecule has 0 radical (unpaired) electrons. The van der Waals surface area contributed by atoms with Gasteiger partial charge in [-0.3, -0.25) is 9.69 Å². The zero-order valence-electron chi connectivity index (χ0n) is 10.5. The van der Waals surface area contributed by atoms with E-state index in [-0.39, 0.29) is 6.61 Å². The summed E-state index contributed by atoms with van der Waals surface area (Å²) in [4.78, 5) is 13.3. The summed E-state index contributed by atoms with van der Waals surface area (Å²) in [5.74, 6) is -0.157. The standard InChI is InChI=1S/C12H23NO3/c1-9(2)6-7-13(10-4-5-10)11(8-16-3)12(14)15/h9-11H,4-8H2,1-3H3,(H,14,15). The number of ether oxygens (including phenoxy) is 1. The van der Waals surface area contributed by atoms with E-state index >= 15 is 0 Å². The molecule has 1 N–H and O–H groups in total. The third-order valence-electron chi connectivity index (χ3n) is 2.99. The second-order valence-electron chi connectivity index (χ2n) is 4.96. The number of methoxy groups -OCH3 is 1. The summed E-state index contributed by atoms with van der Waals surface area (Å²) in [5.41, 5.74) is 0. The maximum atomic E-state index is 11.2. The van der Waals surface area contributed by atoms with Crippen LogP contribution in [0, 0.1) is 5.92 Å². The summed E-state index contributed by atoms with van der Waals surface area (Å²) in [6, 6.07) is -0.00810. The van der Waals surface area contributed by atoms with E-state index in [0.29, 0.717) is 12.0 Å². The number of rotatable bonds is 8. The van der Waals surface area contributed by atoms with Crippen LogP contribution >= 0.6 is 0 Å². The van der Waals surface area contributed by atoms with Crippen LogP contribution < -0.4 is 0 Å². The number of carbonyl (C=O) groups is 1. The average molecular weight is 229 g/mol. The number of carboxylic acid groups (broad SMARTS) is 1. The minimum atomic E-state index is -0.766. The smallest absolute Gasteiger partial charge is 0.323 e. The number of aliphatic carboxylic acids is 1. The lowest BCUT2D eigenvalue weighted by Crippen LogP contribution is -2.46. The van der Waals surface area contributed by atoms with Crippen LogP contribution in [0.4, 0.5) is 0 Å². The van der Waals surface area contributed by atoms with Crippen LogP contribution in [0.15, 0.2) is 0 Å². The Hall–Kier alpha value is -0.610. The molecular weight excluding hydrogens is 206 g/mol. The van der Waals surface area contributed by atoms with E-state index in [2.05, 4.69) is 18.7 Å². The van der Waals surface area contributed by atoms with E-state index in [4.69, 9.17) is 4.74 Å². The fourth-order valence-corrected chi connectivity index (χ4v) is 1.87. The first-order valence-electron chi connectivity index (χ1n) is 6.03. The highest BCUT2D eigenvalue weighted by Gasteiger charge is 2.36. The SMILES string of the molecule is COCC(C(=O)O)N(CCC(C)C)C1CC1. The van der Waals surface area contributed by atoms with E-state index in [1.54, 1.807) is 7.11 Å². The van der Waals surface area contributed by atoms with Gasteiger partial charge >= 0.3 is 5.97 Å². The molecule has 0 aromatic heterocycles. The monoisotopic (exact) mass is 229 g/mol. The lowest BCUT2D eigenvalue weighted by Gasteiger charge is -2.28. The highest BCUT2D eigenvalue weighted by Crippen LogP contribution is 2.29. The topological polar surface area (TPSA) is 49.8 Å². The molecule has 0 heterocycles. The number of hydrogen-bond donors (Lipinski definition) is 1. The molecule has 0 aromatic rings. The van der Waals surface area contributed by atoms with Crippen molar-refractivity contribution >= 4 is 5.97 Å². The summed E-state index contributed by atoms with van der Waals surface area (Å²) in [7, 11) is 1.56. The predicted molar refractivity (Wildman–Crippen MR) is 62.5 cm³/mol. The Morgan fingerprint density at radius 1 is 1.50 bits per heavy atom. The van der Waals surface area contributed by atoms with Gasteiger partial charge in [-0.1, -0.05) is 13.8 Å². The minimum Gasteiger partial charge on any atom is -0.480 e. The molecule has 1 fully saturated rings. The maximum Gasteiger partial charge on any atom is 0.323 e. The Morgan fingerprint density at radius 2 is 2.12 bits per heavy atom. The number of carboxylic acids is 1. The molecule has 0 spiro atoms. The highest BCUT2D eigenvalue weighted by molar-refractivity contribution is 5.73. The van der Waals surface area contributed by atoms with Gasteiger partial charge in [-0.15, -0.1) is 0 Å². The van der Waals surface area contributed by atoms with E-state index in [1.807, 2.05) is 0 Å². The van der Waals surface area contributed by atoms with E-state index in [1.165, 1.54) is 0 Å².